The Labute approximate surface area is 276 Å². The second-order valence-corrected chi connectivity index (χ2v) is 12.1. The number of nitrogens with one attached hydrogen (secondary N) is 1. The first-order chi connectivity index (χ1) is 22.2. The van der Waals surface area contributed by atoms with Crippen molar-refractivity contribution in [3.8, 4) is 12.3 Å². The van der Waals surface area contributed by atoms with E-state index in [-0.39, 0.29) is 44.4 Å². The number of carbonyl (C=O) groups is 3. The van der Waals surface area contributed by atoms with Gasteiger partial charge >= 0.3 is 6.03 Å². The van der Waals surface area contributed by atoms with Crippen molar-refractivity contribution in [3.63, 3.8) is 0 Å². The van der Waals surface area contributed by atoms with Gasteiger partial charge in [-0.25, -0.2) is 14.2 Å². The van der Waals surface area contributed by atoms with E-state index in [1.165, 1.54) is 17.1 Å². The first-order valence-corrected chi connectivity index (χ1v) is 15.5. The quantitative estimate of drug-likeness (QED) is 0.255. The van der Waals surface area contributed by atoms with Crippen LogP contribution in [-0.4, -0.2) is 69.5 Å². The van der Waals surface area contributed by atoms with Crippen molar-refractivity contribution >= 4 is 51.8 Å². The molecule has 0 aromatic heterocycles. The van der Waals surface area contributed by atoms with E-state index in [2.05, 4.69) is 11.2 Å². The number of hydrazine groups is 1. The number of hydrogen-bond acceptors (Lipinski definition) is 4. The molecule has 2 heterocycles. The Morgan fingerprint density at radius 2 is 1.72 bits per heavy atom. The van der Waals surface area contributed by atoms with Gasteiger partial charge in [0.25, 0.3) is 0 Å². The van der Waals surface area contributed by atoms with Crippen LogP contribution in [-0.2, 0) is 29.1 Å². The Kier molecular flexibility index (Phi) is 9.13. The minimum atomic E-state index is -0.872. The first-order valence-electron chi connectivity index (χ1n) is 14.7. The van der Waals surface area contributed by atoms with Crippen LogP contribution in [0.15, 0.2) is 84.9 Å². The largest absolute Gasteiger partial charge is 0.333 e. The highest BCUT2D eigenvalue weighted by Gasteiger charge is 2.52. The van der Waals surface area contributed by atoms with Crippen LogP contribution < -0.4 is 5.32 Å². The molecule has 11 heteroatoms. The average Bonchev–Trinajstić information content (AvgIpc) is 3.38. The van der Waals surface area contributed by atoms with E-state index in [9.17, 15) is 18.8 Å². The lowest BCUT2D eigenvalue weighted by Crippen LogP contribution is -2.66. The van der Waals surface area contributed by atoms with Crippen LogP contribution in [0.25, 0.3) is 10.8 Å². The van der Waals surface area contributed by atoms with Gasteiger partial charge < -0.3 is 15.1 Å². The summed E-state index contributed by atoms with van der Waals surface area (Å²) in [5.74, 6) is 1.60. The lowest BCUT2D eigenvalue weighted by Gasteiger charge is -2.46. The topological polar surface area (TPSA) is 76.2 Å². The maximum Gasteiger partial charge on any atom is 0.333 e. The minimum absolute atomic E-state index is 0.106. The smallest absolute Gasteiger partial charge is 0.333 e. The van der Waals surface area contributed by atoms with E-state index in [4.69, 9.17) is 29.6 Å². The van der Waals surface area contributed by atoms with Crippen molar-refractivity contribution in [3.05, 3.63) is 117 Å². The van der Waals surface area contributed by atoms with Gasteiger partial charge in [-0.3, -0.25) is 9.59 Å². The number of rotatable bonds is 8. The van der Waals surface area contributed by atoms with Gasteiger partial charge in [-0.05, 0) is 51.7 Å². The van der Waals surface area contributed by atoms with Crippen molar-refractivity contribution in [1.82, 2.24) is 25.1 Å². The second-order valence-electron chi connectivity index (χ2n) is 11.3. The van der Waals surface area contributed by atoms with Gasteiger partial charge in [-0.1, -0.05) is 89.8 Å². The lowest BCUT2D eigenvalue weighted by molar-refractivity contribution is -0.157. The molecule has 1 N–H and O–H groups in total. The molecule has 2 aliphatic heterocycles. The van der Waals surface area contributed by atoms with E-state index in [0.29, 0.717) is 22.2 Å². The van der Waals surface area contributed by atoms with Crippen LogP contribution >= 0.6 is 23.2 Å². The number of nitrogens with zero attached hydrogens (tertiary/aromatic N) is 4. The maximum absolute atomic E-state index is 14.2. The van der Waals surface area contributed by atoms with Crippen LogP contribution in [0, 0.1) is 18.2 Å². The number of terminal acetylenes is 1. The molecule has 4 aromatic rings. The molecule has 0 unspecified atom stereocenters. The van der Waals surface area contributed by atoms with E-state index in [1.807, 2.05) is 42.5 Å². The van der Waals surface area contributed by atoms with Crippen LogP contribution in [0.5, 0.6) is 0 Å². The van der Waals surface area contributed by atoms with Crippen molar-refractivity contribution in [2.45, 2.75) is 31.7 Å². The van der Waals surface area contributed by atoms with Crippen molar-refractivity contribution in [2.75, 3.05) is 19.6 Å². The molecule has 0 aliphatic carbocycles. The molecular weight excluding hydrogens is 628 g/mol. The summed E-state index contributed by atoms with van der Waals surface area (Å²) in [7, 11) is 0. The summed E-state index contributed by atoms with van der Waals surface area (Å²) in [6.07, 6.45) is 5.21. The van der Waals surface area contributed by atoms with Gasteiger partial charge in [0.2, 0.25) is 11.8 Å². The van der Waals surface area contributed by atoms with Crippen molar-refractivity contribution in [2.24, 2.45) is 0 Å². The number of amides is 4. The lowest BCUT2D eigenvalue weighted by atomic mass is 9.99. The van der Waals surface area contributed by atoms with Gasteiger partial charge in [0, 0.05) is 19.5 Å². The van der Waals surface area contributed by atoms with E-state index < -0.39 is 24.1 Å². The van der Waals surface area contributed by atoms with Gasteiger partial charge in [0.1, 0.15) is 18.0 Å². The number of benzene rings is 4. The highest BCUT2D eigenvalue weighted by molar-refractivity contribution is 6.42. The number of urea groups is 1. The Balaban J connectivity index is 1.31. The third kappa shape index (κ3) is 6.38. The van der Waals surface area contributed by atoms with Gasteiger partial charge in [-0.15, -0.1) is 6.42 Å². The van der Waals surface area contributed by atoms with Gasteiger partial charge in [0.05, 0.1) is 29.7 Å². The highest BCUT2D eigenvalue weighted by Crippen LogP contribution is 2.31. The second kappa shape index (κ2) is 13.4. The average molecular weight is 659 g/mol. The SMILES string of the molecule is C#CCN(C(=O)NCc1ccc(Cl)c(Cl)c1)N1CC(=O)N2[C@@H](Cc3ccc(F)cc3)C(=O)N(Cc3cccc4ccccc34)C[C@@H]21. The summed E-state index contributed by atoms with van der Waals surface area (Å²) in [4.78, 5) is 44.7. The number of fused-ring (bicyclic) bond motifs is 2. The maximum atomic E-state index is 14.2. The summed E-state index contributed by atoms with van der Waals surface area (Å²) in [5, 5.41) is 8.65. The number of halogens is 3. The molecule has 0 bridgehead atoms. The normalized spacial score (nSPS) is 18.0. The summed E-state index contributed by atoms with van der Waals surface area (Å²) >= 11 is 12.2. The third-order valence-electron chi connectivity index (χ3n) is 8.36. The number of hydrogen-bond donors (Lipinski definition) is 1. The number of carbonyl (C=O) groups excluding carboxylic acids is 3. The summed E-state index contributed by atoms with van der Waals surface area (Å²) < 4.78 is 13.7. The molecular formula is C35H30Cl2FN5O3. The molecule has 2 aliphatic rings. The third-order valence-corrected chi connectivity index (χ3v) is 9.10. The Bertz CT molecular complexity index is 1840. The molecule has 46 heavy (non-hydrogen) atoms. The first kappa shape index (κ1) is 31.4. The van der Waals surface area contributed by atoms with Crippen molar-refractivity contribution < 1.29 is 18.8 Å². The Hall–Kier alpha value is -4.62. The molecule has 234 valence electrons. The number of piperazine rings is 1. The highest BCUT2D eigenvalue weighted by atomic mass is 35.5. The molecule has 0 spiro atoms. The van der Waals surface area contributed by atoms with Crippen LogP contribution in [0.1, 0.15) is 16.7 Å². The van der Waals surface area contributed by atoms with Crippen LogP contribution in [0.3, 0.4) is 0 Å². The monoisotopic (exact) mass is 657 g/mol. The standard InChI is InChI=1S/C35H30Cl2FN5O3/c1-2-16-41(35(46)39-19-24-12-15-29(36)30(37)17-24)42-22-33(44)43-31(18-23-10-13-27(38)14-11-23)34(45)40(21-32(42)43)20-26-8-5-7-25-6-3-4-9-28(25)26/h1,3-15,17,31-32H,16,18-22H2,(H,39,46)/t31-,32+/m0/s1. The van der Waals surface area contributed by atoms with E-state index in [1.54, 1.807) is 45.1 Å². The van der Waals surface area contributed by atoms with Crippen LogP contribution in [0.2, 0.25) is 10.0 Å². The molecule has 2 atom stereocenters. The predicted molar refractivity (Wildman–Crippen MR) is 175 cm³/mol. The fourth-order valence-electron chi connectivity index (χ4n) is 6.15. The molecule has 2 saturated heterocycles. The molecule has 0 radical (unpaired) electrons. The fraction of sp³-hybridized carbons (Fsp3) is 0.229. The zero-order valence-electron chi connectivity index (χ0n) is 24.7. The van der Waals surface area contributed by atoms with Crippen molar-refractivity contribution in [1.29, 1.82) is 0 Å². The predicted octanol–water partition coefficient (Wildman–Crippen LogP) is 5.47. The van der Waals surface area contributed by atoms with E-state index >= 15 is 0 Å². The van der Waals surface area contributed by atoms with E-state index in [0.717, 1.165) is 21.9 Å². The van der Waals surface area contributed by atoms with Crippen LogP contribution in [0.4, 0.5) is 9.18 Å². The fourth-order valence-corrected chi connectivity index (χ4v) is 6.48. The molecule has 4 amide bonds. The van der Waals surface area contributed by atoms with Gasteiger partial charge in [-0.2, -0.15) is 5.01 Å². The zero-order chi connectivity index (χ0) is 32.4. The molecule has 2 fully saturated rings. The molecule has 0 saturated carbocycles. The molecule has 6 rings (SSSR count). The molecule has 4 aromatic carbocycles. The summed E-state index contributed by atoms with van der Waals surface area (Å²) in [6.45, 7) is 0.332. The Morgan fingerprint density at radius 1 is 0.978 bits per heavy atom. The summed E-state index contributed by atoms with van der Waals surface area (Å²) in [6, 6.07) is 23.5. The zero-order valence-corrected chi connectivity index (χ0v) is 26.2. The molecule has 8 nitrogen and oxygen atoms in total. The Morgan fingerprint density at radius 3 is 2.48 bits per heavy atom. The minimum Gasteiger partial charge on any atom is -0.333 e. The van der Waals surface area contributed by atoms with Gasteiger partial charge in [0.15, 0.2) is 0 Å². The summed E-state index contributed by atoms with van der Waals surface area (Å²) in [5.41, 5.74) is 2.39.